The van der Waals surface area contributed by atoms with E-state index in [1.807, 2.05) is 6.92 Å². The molecule has 0 amide bonds. The molecule has 4 saturated carbocycles. The lowest BCUT2D eigenvalue weighted by molar-refractivity contribution is -0.182. The van der Waals surface area contributed by atoms with Crippen LogP contribution in [0.15, 0.2) is 0 Å². The van der Waals surface area contributed by atoms with Gasteiger partial charge < -0.3 is 5.11 Å². The molecule has 4 fully saturated rings. The summed E-state index contributed by atoms with van der Waals surface area (Å²) >= 11 is 0. The Morgan fingerprint density at radius 1 is 1.04 bits per heavy atom. The van der Waals surface area contributed by atoms with E-state index in [0.29, 0.717) is 11.7 Å². The Bertz CT molecular complexity index is 583. The van der Waals surface area contributed by atoms with Crippen molar-refractivity contribution in [2.24, 2.45) is 33.5 Å². The van der Waals surface area contributed by atoms with Crippen molar-refractivity contribution in [3.05, 3.63) is 0 Å². The molecule has 0 aromatic heterocycles. The number of hydrogen-bond acceptors (Lipinski definition) is 2. The Morgan fingerprint density at radius 3 is 2.43 bits per heavy atom. The predicted octanol–water partition coefficient (Wildman–Crippen LogP) is 4.44. The number of rotatable bonds is 1. The summed E-state index contributed by atoms with van der Waals surface area (Å²) in [5.41, 5.74) is -0.357. The van der Waals surface area contributed by atoms with Crippen LogP contribution in [0.1, 0.15) is 78.6 Å². The van der Waals surface area contributed by atoms with E-state index in [1.54, 1.807) is 0 Å². The third-order valence-corrected chi connectivity index (χ3v) is 8.84. The fourth-order valence-corrected chi connectivity index (χ4v) is 7.76. The van der Waals surface area contributed by atoms with Crippen LogP contribution in [0.4, 0.5) is 0 Å². The lowest BCUT2D eigenvalue weighted by atomic mass is 9.40. The van der Waals surface area contributed by atoms with E-state index >= 15 is 0 Å². The van der Waals surface area contributed by atoms with Gasteiger partial charge in [0.15, 0.2) is 0 Å². The molecule has 1 N–H and O–H groups in total. The van der Waals surface area contributed by atoms with Gasteiger partial charge in [-0.15, -0.1) is 0 Å². The highest BCUT2D eigenvalue weighted by atomic mass is 16.4. The molecule has 0 aromatic rings. The van der Waals surface area contributed by atoms with Gasteiger partial charge in [-0.1, -0.05) is 20.3 Å². The van der Waals surface area contributed by atoms with Gasteiger partial charge in [0.05, 0.1) is 5.41 Å². The molecule has 4 rings (SSSR count). The van der Waals surface area contributed by atoms with E-state index < -0.39 is 11.4 Å². The van der Waals surface area contributed by atoms with Crippen LogP contribution >= 0.6 is 0 Å². The summed E-state index contributed by atoms with van der Waals surface area (Å²) in [4.78, 5) is 24.7. The molecular weight excluding hydrogens is 288 g/mol. The maximum absolute atomic E-state index is 12.6. The third kappa shape index (κ3) is 1.77. The Balaban J connectivity index is 1.76. The molecule has 3 heteroatoms. The van der Waals surface area contributed by atoms with Gasteiger partial charge in [-0.2, -0.15) is 0 Å². The van der Waals surface area contributed by atoms with Crippen molar-refractivity contribution in [1.82, 2.24) is 0 Å². The van der Waals surface area contributed by atoms with Gasteiger partial charge in [0, 0.05) is 11.8 Å². The number of fused-ring (bicyclic) bond motifs is 3. The molecule has 0 radical (unpaired) electrons. The highest BCUT2D eigenvalue weighted by Crippen LogP contribution is 2.72. The number of Topliss-reactive ketones (excluding diaryl/α,β-unsaturated/α-hetero) is 1. The van der Waals surface area contributed by atoms with Gasteiger partial charge in [0.1, 0.15) is 5.78 Å². The third-order valence-electron chi connectivity index (χ3n) is 8.84. The molecule has 2 bridgehead atoms. The van der Waals surface area contributed by atoms with Crippen molar-refractivity contribution >= 4 is 11.8 Å². The molecule has 4 aliphatic carbocycles. The molecule has 128 valence electrons. The molecule has 0 saturated heterocycles. The fraction of sp³-hybridized carbons (Fsp3) is 0.900. The average molecular weight is 318 g/mol. The van der Waals surface area contributed by atoms with Crippen LogP contribution < -0.4 is 0 Å². The number of hydrogen-bond donors (Lipinski definition) is 1. The number of ketones is 1. The van der Waals surface area contributed by atoms with Gasteiger partial charge in [-0.25, -0.2) is 0 Å². The minimum atomic E-state index is -0.604. The molecule has 23 heavy (non-hydrogen) atoms. The van der Waals surface area contributed by atoms with Crippen molar-refractivity contribution in [1.29, 1.82) is 0 Å². The summed E-state index contributed by atoms with van der Waals surface area (Å²) in [7, 11) is 0. The van der Waals surface area contributed by atoms with Crippen molar-refractivity contribution in [3.8, 4) is 0 Å². The monoisotopic (exact) mass is 318 g/mol. The van der Waals surface area contributed by atoms with E-state index in [0.717, 1.165) is 57.8 Å². The maximum Gasteiger partial charge on any atom is 0.309 e. The van der Waals surface area contributed by atoms with Crippen molar-refractivity contribution in [2.75, 3.05) is 0 Å². The first-order valence-electron chi connectivity index (χ1n) is 9.43. The van der Waals surface area contributed by atoms with Gasteiger partial charge in [-0.3, -0.25) is 9.59 Å². The van der Waals surface area contributed by atoms with Crippen molar-refractivity contribution < 1.29 is 14.7 Å². The molecule has 0 heterocycles. The topological polar surface area (TPSA) is 54.4 Å². The van der Waals surface area contributed by atoms with Gasteiger partial charge in [-0.05, 0) is 74.5 Å². The first-order valence-corrected chi connectivity index (χ1v) is 9.43. The molecule has 0 aliphatic heterocycles. The van der Waals surface area contributed by atoms with Gasteiger partial charge in [0.25, 0.3) is 0 Å². The second kappa shape index (κ2) is 4.40. The number of carboxylic acids is 1. The van der Waals surface area contributed by atoms with Crippen molar-refractivity contribution in [2.45, 2.75) is 78.6 Å². The van der Waals surface area contributed by atoms with Gasteiger partial charge >= 0.3 is 5.97 Å². The summed E-state index contributed by atoms with van der Waals surface area (Å²) in [5.74, 6) is 0.704. The molecule has 3 nitrogen and oxygen atoms in total. The minimum Gasteiger partial charge on any atom is -0.481 e. The Hall–Kier alpha value is -0.860. The Morgan fingerprint density at radius 2 is 1.74 bits per heavy atom. The lowest BCUT2D eigenvalue weighted by Gasteiger charge is -2.63. The summed E-state index contributed by atoms with van der Waals surface area (Å²) in [6.45, 7) is 6.54. The molecular formula is C20H30O3. The van der Waals surface area contributed by atoms with Crippen molar-refractivity contribution in [3.63, 3.8) is 0 Å². The summed E-state index contributed by atoms with van der Waals surface area (Å²) in [6, 6.07) is 0. The van der Waals surface area contributed by atoms with Crippen LogP contribution in [0, 0.1) is 33.5 Å². The van der Waals surface area contributed by atoms with Crippen LogP contribution in [0.3, 0.4) is 0 Å². The largest absolute Gasteiger partial charge is 0.481 e. The van der Waals surface area contributed by atoms with Crippen LogP contribution in [0.5, 0.6) is 0 Å². The SMILES string of the molecule is CC12CCC[C@@](C)(C(=O)O)[C@H]1CCC13CC(=O)[C@@](C)(CC[C@H]12)C3. The smallest absolute Gasteiger partial charge is 0.309 e. The van der Waals surface area contributed by atoms with Crippen LogP contribution in [-0.4, -0.2) is 16.9 Å². The summed E-state index contributed by atoms with van der Waals surface area (Å²) in [5, 5.41) is 9.91. The quantitative estimate of drug-likeness (QED) is 0.777. The number of aliphatic carboxylic acids is 1. The first-order chi connectivity index (χ1) is 10.7. The number of carboxylic acid groups (broad SMARTS) is 1. The highest BCUT2D eigenvalue weighted by Gasteiger charge is 2.68. The average Bonchev–Trinajstić information content (AvgIpc) is 2.63. The van der Waals surface area contributed by atoms with E-state index in [-0.39, 0.29) is 22.2 Å². The van der Waals surface area contributed by atoms with Crippen LogP contribution in [-0.2, 0) is 9.59 Å². The summed E-state index contributed by atoms with van der Waals surface area (Å²) in [6.07, 6.45) is 9.04. The summed E-state index contributed by atoms with van der Waals surface area (Å²) < 4.78 is 0. The zero-order chi connectivity index (χ0) is 16.7. The highest BCUT2D eigenvalue weighted by molar-refractivity contribution is 5.88. The number of carbonyl (C=O) groups excluding carboxylic acids is 1. The second-order valence-electron chi connectivity index (χ2n) is 9.96. The van der Waals surface area contributed by atoms with Gasteiger partial charge in [0.2, 0.25) is 0 Å². The molecule has 0 aromatic carbocycles. The zero-order valence-electron chi connectivity index (χ0n) is 14.8. The molecule has 1 spiro atoms. The Kier molecular flexibility index (Phi) is 3.00. The zero-order valence-corrected chi connectivity index (χ0v) is 14.8. The molecule has 4 aliphatic rings. The first kappa shape index (κ1) is 15.7. The van der Waals surface area contributed by atoms with Crippen LogP contribution in [0.25, 0.3) is 0 Å². The lowest BCUT2D eigenvalue weighted by Crippen LogP contribution is -2.58. The van der Waals surface area contributed by atoms with Crippen LogP contribution in [0.2, 0.25) is 0 Å². The standard InChI is InChI=1S/C20H30O3/c1-17-9-5-14-18(2)7-4-8-19(3,16(22)23)13(18)6-10-20(14,12-17)11-15(17)21/h13-14H,4-12H2,1-3H3,(H,22,23)/t13-,14-,17-,18?,19+,20?/m0/s1. The minimum absolute atomic E-state index is 0.0789. The van der Waals surface area contributed by atoms with E-state index in [4.69, 9.17) is 0 Å². The maximum atomic E-state index is 12.6. The normalized spacial score (nSPS) is 55.2. The second-order valence-corrected chi connectivity index (χ2v) is 9.96. The number of carbonyl (C=O) groups is 2. The predicted molar refractivity (Wildman–Crippen MR) is 87.9 cm³/mol. The molecule has 2 unspecified atom stereocenters. The molecule has 6 atom stereocenters. The Labute approximate surface area is 139 Å². The van der Waals surface area contributed by atoms with E-state index in [1.165, 1.54) is 0 Å². The van der Waals surface area contributed by atoms with E-state index in [2.05, 4.69) is 13.8 Å². The van der Waals surface area contributed by atoms with E-state index in [9.17, 15) is 14.7 Å². The fourth-order valence-electron chi connectivity index (χ4n) is 7.76.